The number of carbonyl (C=O) groups is 1. The Morgan fingerprint density at radius 1 is 1.25 bits per heavy atom. The van der Waals surface area contributed by atoms with Gasteiger partial charge in [0.2, 0.25) is 0 Å². The zero-order chi connectivity index (χ0) is 14.9. The molecule has 0 fully saturated rings. The van der Waals surface area contributed by atoms with Crippen molar-refractivity contribution in [2.75, 3.05) is 0 Å². The van der Waals surface area contributed by atoms with Gasteiger partial charge in [0.25, 0.3) is 5.69 Å². The Labute approximate surface area is 109 Å². The molecule has 2 aromatic rings. The number of alkyl halides is 3. The molecule has 9 heteroatoms. The van der Waals surface area contributed by atoms with Crippen LogP contribution in [0.3, 0.4) is 0 Å². The smallest absolute Gasteiger partial charge is 0.298 e. The molecule has 20 heavy (non-hydrogen) atoms. The first-order valence-electron chi connectivity index (χ1n) is 5.20. The average Bonchev–Trinajstić information content (AvgIpc) is 2.83. The molecule has 0 aliphatic carbocycles. The number of benzene rings is 1. The number of aldehydes is 1. The molecule has 0 amide bonds. The molecule has 1 aromatic carbocycles. The number of halogens is 3. The van der Waals surface area contributed by atoms with Crippen LogP contribution < -0.4 is 0 Å². The Kier molecular flexibility index (Phi) is 3.26. The highest BCUT2D eigenvalue weighted by Crippen LogP contribution is 2.30. The minimum atomic E-state index is -4.75. The van der Waals surface area contributed by atoms with Crippen molar-refractivity contribution in [3.63, 3.8) is 0 Å². The maximum absolute atomic E-state index is 12.6. The summed E-state index contributed by atoms with van der Waals surface area (Å²) in [7, 11) is 0. The topological polar surface area (TPSA) is 78.0 Å². The Morgan fingerprint density at radius 3 is 2.25 bits per heavy atom. The normalized spacial score (nSPS) is 11.3. The van der Waals surface area contributed by atoms with E-state index in [1.165, 1.54) is 12.1 Å². The van der Waals surface area contributed by atoms with Gasteiger partial charge in [-0.25, -0.2) is 4.68 Å². The van der Waals surface area contributed by atoms with E-state index in [-0.39, 0.29) is 17.7 Å². The largest absolute Gasteiger partial charge is 0.435 e. The van der Waals surface area contributed by atoms with Gasteiger partial charge in [0.05, 0.1) is 16.2 Å². The summed E-state index contributed by atoms with van der Waals surface area (Å²) >= 11 is 0. The summed E-state index contributed by atoms with van der Waals surface area (Å²) in [5.74, 6) is 0. The van der Waals surface area contributed by atoms with Crippen molar-refractivity contribution in [3.05, 3.63) is 51.8 Å². The number of hydrogen-bond acceptors (Lipinski definition) is 4. The summed E-state index contributed by atoms with van der Waals surface area (Å²) in [5, 5.41) is 13.8. The summed E-state index contributed by atoms with van der Waals surface area (Å²) in [5.41, 5.74) is -1.93. The van der Waals surface area contributed by atoms with Crippen molar-refractivity contribution in [1.82, 2.24) is 9.78 Å². The van der Waals surface area contributed by atoms with Gasteiger partial charge in [-0.1, -0.05) is 0 Å². The predicted octanol–water partition coefficient (Wildman–Crippen LogP) is 2.61. The second-order valence-corrected chi connectivity index (χ2v) is 3.77. The Hall–Kier alpha value is -2.71. The van der Waals surface area contributed by atoms with Gasteiger partial charge in [0, 0.05) is 18.3 Å². The number of nitro groups is 1. The Bertz CT molecular complexity index is 662. The van der Waals surface area contributed by atoms with Crippen LogP contribution in [0.5, 0.6) is 0 Å². The lowest BCUT2D eigenvalue weighted by Crippen LogP contribution is -2.09. The van der Waals surface area contributed by atoms with Gasteiger partial charge in [-0.05, 0) is 12.1 Å². The third-order valence-electron chi connectivity index (χ3n) is 2.46. The first kappa shape index (κ1) is 13.7. The van der Waals surface area contributed by atoms with E-state index < -0.39 is 22.4 Å². The lowest BCUT2D eigenvalue weighted by atomic mass is 10.2. The summed E-state index contributed by atoms with van der Waals surface area (Å²) in [6, 6.07) is 4.73. The average molecular weight is 285 g/mol. The molecule has 0 aliphatic rings. The van der Waals surface area contributed by atoms with Crippen LogP contribution in [0.2, 0.25) is 0 Å². The molecule has 1 aromatic heterocycles. The Morgan fingerprint density at radius 2 is 1.85 bits per heavy atom. The van der Waals surface area contributed by atoms with E-state index in [2.05, 4.69) is 5.10 Å². The van der Waals surface area contributed by atoms with Gasteiger partial charge in [-0.15, -0.1) is 0 Å². The number of rotatable bonds is 3. The fraction of sp³-hybridized carbons (Fsp3) is 0.0909. The van der Waals surface area contributed by atoms with Crippen LogP contribution in [0, 0.1) is 10.1 Å². The molecule has 0 radical (unpaired) electrons. The summed E-state index contributed by atoms with van der Waals surface area (Å²) in [6.45, 7) is 0. The van der Waals surface area contributed by atoms with Gasteiger partial charge in [0.15, 0.2) is 12.0 Å². The number of carbonyl (C=O) groups excluding carboxylic acids is 1. The van der Waals surface area contributed by atoms with Gasteiger partial charge in [-0.2, -0.15) is 18.3 Å². The maximum Gasteiger partial charge on any atom is 0.435 e. The minimum absolute atomic E-state index is 0.0533. The Balaban J connectivity index is 2.46. The summed E-state index contributed by atoms with van der Waals surface area (Å²) in [6.07, 6.45) is -3.78. The van der Waals surface area contributed by atoms with E-state index in [4.69, 9.17) is 0 Å². The fourth-order valence-electron chi connectivity index (χ4n) is 1.55. The number of non-ortho nitro benzene ring substituents is 1. The molecular formula is C11H6F3N3O3. The van der Waals surface area contributed by atoms with Crippen LogP contribution in [0.4, 0.5) is 18.9 Å². The first-order valence-corrected chi connectivity index (χ1v) is 5.20. The second-order valence-electron chi connectivity index (χ2n) is 3.77. The lowest BCUT2D eigenvalue weighted by molar-refractivity contribution is -0.384. The third kappa shape index (κ3) is 2.51. The van der Waals surface area contributed by atoms with E-state index in [0.29, 0.717) is 0 Å². The molecule has 0 bridgehead atoms. The molecule has 0 saturated carbocycles. The highest BCUT2D eigenvalue weighted by atomic mass is 19.4. The van der Waals surface area contributed by atoms with Crippen molar-refractivity contribution >= 4 is 12.0 Å². The van der Waals surface area contributed by atoms with E-state index in [1.54, 1.807) is 0 Å². The van der Waals surface area contributed by atoms with Crippen LogP contribution >= 0.6 is 0 Å². The van der Waals surface area contributed by atoms with E-state index in [0.717, 1.165) is 23.0 Å². The number of nitrogens with zero attached hydrogens (tertiary/aromatic N) is 3. The van der Waals surface area contributed by atoms with Crippen LogP contribution in [-0.2, 0) is 6.18 Å². The SMILES string of the molecule is O=Cc1cn(-c2ccc([N+](=O)[O-])cc2)nc1C(F)(F)F. The molecule has 2 rings (SSSR count). The van der Waals surface area contributed by atoms with Crippen molar-refractivity contribution in [1.29, 1.82) is 0 Å². The van der Waals surface area contributed by atoms with Gasteiger partial charge < -0.3 is 0 Å². The van der Waals surface area contributed by atoms with Crippen molar-refractivity contribution < 1.29 is 22.9 Å². The second kappa shape index (κ2) is 4.76. The van der Waals surface area contributed by atoms with Crippen LogP contribution in [0.1, 0.15) is 16.1 Å². The molecule has 0 N–H and O–H groups in total. The molecule has 104 valence electrons. The van der Waals surface area contributed by atoms with Crippen LogP contribution in [0.25, 0.3) is 5.69 Å². The van der Waals surface area contributed by atoms with Crippen molar-refractivity contribution in [2.24, 2.45) is 0 Å². The highest BCUT2D eigenvalue weighted by Gasteiger charge is 2.37. The molecular weight excluding hydrogens is 279 g/mol. The monoisotopic (exact) mass is 285 g/mol. The molecule has 6 nitrogen and oxygen atoms in total. The van der Waals surface area contributed by atoms with Crippen LogP contribution in [0.15, 0.2) is 30.5 Å². The number of nitro benzene ring substituents is 1. The molecule has 0 saturated heterocycles. The lowest BCUT2D eigenvalue weighted by Gasteiger charge is -2.03. The summed E-state index contributed by atoms with van der Waals surface area (Å²) in [4.78, 5) is 20.5. The fourth-order valence-corrected chi connectivity index (χ4v) is 1.55. The molecule has 0 atom stereocenters. The minimum Gasteiger partial charge on any atom is -0.298 e. The van der Waals surface area contributed by atoms with E-state index >= 15 is 0 Å². The molecule has 1 heterocycles. The first-order chi connectivity index (χ1) is 9.32. The standard InChI is InChI=1S/C11H6F3N3O3/c12-11(13,14)10-7(6-18)5-16(15-10)8-1-3-9(4-2-8)17(19)20/h1-6H. The van der Waals surface area contributed by atoms with Crippen LogP contribution in [-0.4, -0.2) is 21.0 Å². The highest BCUT2D eigenvalue weighted by molar-refractivity contribution is 5.76. The molecule has 0 spiro atoms. The predicted molar refractivity (Wildman–Crippen MR) is 60.6 cm³/mol. The van der Waals surface area contributed by atoms with Gasteiger partial charge >= 0.3 is 6.18 Å². The van der Waals surface area contributed by atoms with E-state index in [1.807, 2.05) is 0 Å². The van der Waals surface area contributed by atoms with Crippen molar-refractivity contribution in [2.45, 2.75) is 6.18 Å². The molecule has 0 unspecified atom stereocenters. The zero-order valence-corrected chi connectivity index (χ0v) is 9.66. The quantitative estimate of drug-likeness (QED) is 0.493. The summed E-state index contributed by atoms with van der Waals surface area (Å²) < 4.78 is 38.7. The number of aromatic nitrogens is 2. The zero-order valence-electron chi connectivity index (χ0n) is 9.66. The number of hydrogen-bond donors (Lipinski definition) is 0. The maximum atomic E-state index is 12.6. The third-order valence-corrected chi connectivity index (χ3v) is 2.46. The van der Waals surface area contributed by atoms with E-state index in [9.17, 15) is 28.1 Å². The van der Waals surface area contributed by atoms with Gasteiger partial charge in [0.1, 0.15) is 0 Å². The van der Waals surface area contributed by atoms with Gasteiger partial charge in [-0.3, -0.25) is 14.9 Å². The molecule has 0 aliphatic heterocycles. The van der Waals surface area contributed by atoms with Crippen molar-refractivity contribution in [3.8, 4) is 5.69 Å².